The lowest BCUT2D eigenvalue weighted by molar-refractivity contribution is -0.135. The lowest BCUT2D eigenvalue weighted by atomic mass is 9.99. The molecule has 4 rings (SSSR count). The Bertz CT molecular complexity index is 1200. The van der Waals surface area contributed by atoms with Gasteiger partial charge in [0, 0.05) is 26.2 Å². The van der Waals surface area contributed by atoms with E-state index in [1.165, 1.54) is 4.31 Å². The number of fused-ring (bicyclic) bond motifs is 1. The van der Waals surface area contributed by atoms with E-state index in [4.69, 9.17) is 0 Å². The number of amides is 1. The second-order valence-electron chi connectivity index (χ2n) is 8.42. The van der Waals surface area contributed by atoms with Crippen LogP contribution in [0.2, 0.25) is 0 Å². The molecule has 170 valence electrons. The number of hydrogen-bond donors (Lipinski definition) is 0. The number of hydrogen-bond acceptors (Lipinski definition) is 4. The first-order valence-electron chi connectivity index (χ1n) is 11.1. The molecule has 1 fully saturated rings. The van der Waals surface area contributed by atoms with E-state index in [2.05, 4.69) is 18.8 Å². The summed E-state index contributed by atoms with van der Waals surface area (Å²) in [6.45, 7) is 7.44. The molecule has 0 bridgehead atoms. The summed E-state index contributed by atoms with van der Waals surface area (Å²) in [4.78, 5) is 19.5. The number of sulfonamides is 1. The van der Waals surface area contributed by atoms with Crippen LogP contribution >= 0.6 is 0 Å². The van der Waals surface area contributed by atoms with Gasteiger partial charge >= 0.3 is 0 Å². The summed E-state index contributed by atoms with van der Waals surface area (Å²) in [5, 5.41) is 0. The van der Waals surface area contributed by atoms with Crippen LogP contribution < -0.4 is 0 Å². The molecule has 0 radical (unpaired) electrons. The number of piperazine rings is 1. The van der Waals surface area contributed by atoms with Gasteiger partial charge in [-0.15, -0.1) is 0 Å². The molecule has 1 amide bonds. The zero-order valence-electron chi connectivity index (χ0n) is 18.8. The average Bonchev–Trinajstić information content (AvgIpc) is 3.27. The maximum absolute atomic E-state index is 13.1. The van der Waals surface area contributed by atoms with Crippen LogP contribution in [-0.4, -0.2) is 59.3 Å². The van der Waals surface area contributed by atoms with Gasteiger partial charge in [0.1, 0.15) is 6.04 Å². The summed E-state index contributed by atoms with van der Waals surface area (Å²) >= 11 is 0. The summed E-state index contributed by atoms with van der Waals surface area (Å²) in [5.74, 6) is 0.374. The molecule has 1 saturated heterocycles. The van der Waals surface area contributed by atoms with E-state index in [0.717, 1.165) is 23.0 Å². The fourth-order valence-electron chi connectivity index (χ4n) is 4.17. The maximum Gasteiger partial charge on any atom is 0.245 e. The fourth-order valence-corrected chi connectivity index (χ4v) is 5.59. The predicted octanol–water partition coefficient (Wildman–Crippen LogP) is 3.64. The number of benzene rings is 2. The lowest BCUT2D eigenvalue weighted by Gasteiger charge is -2.35. The Balaban J connectivity index is 1.42. The zero-order valence-corrected chi connectivity index (χ0v) is 19.6. The van der Waals surface area contributed by atoms with Gasteiger partial charge in [0.2, 0.25) is 15.9 Å². The number of aromatic nitrogens is 2. The third-order valence-electron chi connectivity index (χ3n) is 6.51. The molecule has 0 N–H and O–H groups in total. The normalized spacial score (nSPS) is 17.4. The van der Waals surface area contributed by atoms with E-state index in [0.29, 0.717) is 37.0 Å². The van der Waals surface area contributed by atoms with Crippen molar-refractivity contribution in [1.82, 2.24) is 18.8 Å². The number of nitrogens with zero attached hydrogens (tertiary/aromatic N) is 4. The van der Waals surface area contributed by atoms with Crippen molar-refractivity contribution in [3.63, 3.8) is 0 Å². The van der Waals surface area contributed by atoms with Crippen LogP contribution in [0.5, 0.6) is 0 Å². The molecule has 2 heterocycles. The van der Waals surface area contributed by atoms with Crippen LogP contribution in [-0.2, 0) is 14.8 Å². The minimum absolute atomic E-state index is 0.0249. The summed E-state index contributed by atoms with van der Waals surface area (Å²) in [6, 6.07) is 14.5. The Morgan fingerprint density at radius 1 is 1.00 bits per heavy atom. The lowest BCUT2D eigenvalue weighted by Crippen LogP contribution is -2.51. The van der Waals surface area contributed by atoms with Gasteiger partial charge in [0.15, 0.2) is 0 Å². The molecule has 0 saturated carbocycles. The Labute approximate surface area is 189 Å². The monoisotopic (exact) mass is 454 g/mol. The molecule has 2 aromatic carbocycles. The fraction of sp³-hybridized carbons (Fsp3) is 0.417. The van der Waals surface area contributed by atoms with Crippen molar-refractivity contribution in [1.29, 1.82) is 0 Å². The number of carbonyl (C=O) groups is 1. The molecule has 3 aromatic rings. The maximum atomic E-state index is 13.1. The molecule has 0 spiro atoms. The molecule has 1 aliphatic rings. The average molecular weight is 455 g/mol. The topological polar surface area (TPSA) is 75.5 Å². The second kappa shape index (κ2) is 9.03. The Kier molecular flexibility index (Phi) is 6.35. The molecule has 0 aliphatic carbocycles. The molecular formula is C24H30N4O3S. The van der Waals surface area contributed by atoms with E-state index >= 15 is 0 Å². The van der Waals surface area contributed by atoms with E-state index < -0.39 is 16.1 Å². The van der Waals surface area contributed by atoms with Gasteiger partial charge in [-0.3, -0.25) is 4.79 Å². The minimum atomic E-state index is -3.57. The van der Waals surface area contributed by atoms with Crippen LogP contribution in [0.15, 0.2) is 59.8 Å². The van der Waals surface area contributed by atoms with Crippen LogP contribution in [0.3, 0.4) is 0 Å². The Morgan fingerprint density at radius 2 is 1.66 bits per heavy atom. The van der Waals surface area contributed by atoms with Crippen LogP contribution in [0, 0.1) is 0 Å². The number of imidazole rings is 1. The summed E-state index contributed by atoms with van der Waals surface area (Å²) in [5.41, 5.74) is 2.90. The van der Waals surface area contributed by atoms with E-state index in [9.17, 15) is 13.2 Å². The number of carbonyl (C=O) groups excluding carboxylic acids is 1. The van der Waals surface area contributed by atoms with Gasteiger partial charge in [0.25, 0.3) is 0 Å². The van der Waals surface area contributed by atoms with Crippen molar-refractivity contribution in [2.24, 2.45) is 0 Å². The van der Waals surface area contributed by atoms with E-state index in [1.54, 1.807) is 23.4 Å². The van der Waals surface area contributed by atoms with Crippen LogP contribution in [0.1, 0.15) is 44.7 Å². The van der Waals surface area contributed by atoms with Gasteiger partial charge in [0.05, 0.1) is 22.3 Å². The summed E-state index contributed by atoms with van der Waals surface area (Å²) in [7, 11) is -3.57. The molecule has 8 heteroatoms. The van der Waals surface area contributed by atoms with Crippen molar-refractivity contribution < 1.29 is 13.2 Å². The van der Waals surface area contributed by atoms with Crippen molar-refractivity contribution in [3.05, 3.63) is 60.4 Å². The first-order chi connectivity index (χ1) is 15.3. The molecule has 2 unspecified atom stereocenters. The highest BCUT2D eigenvalue weighted by Gasteiger charge is 2.32. The van der Waals surface area contributed by atoms with Gasteiger partial charge in [-0.05, 0) is 49.1 Å². The SMILES string of the molecule is CCC(C)c1ccc(S(=O)(=O)N2CCN(C(=O)C(C)n3cnc4ccccc43)CC2)cc1. The van der Waals surface area contributed by atoms with Gasteiger partial charge < -0.3 is 9.47 Å². The molecule has 1 aliphatic heterocycles. The zero-order chi connectivity index (χ0) is 22.9. The van der Waals surface area contributed by atoms with Gasteiger partial charge in [-0.2, -0.15) is 4.31 Å². The minimum Gasteiger partial charge on any atom is -0.338 e. The van der Waals surface area contributed by atoms with Crippen LogP contribution in [0.4, 0.5) is 0 Å². The largest absolute Gasteiger partial charge is 0.338 e. The van der Waals surface area contributed by atoms with Crippen molar-refractivity contribution in [2.45, 2.75) is 44.0 Å². The van der Waals surface area contributed by atoms with E-state index in [-0.39, 0.29) is 5.91 Å². The molecule has 32 heavy (non-hydrogen) atoms. The summed E-state index contributed by atoms with van der Waals surface area (Å²) < 4.78 is 29.5. The highest BCUT2D eigenvalue weighted by molar-refractivity contribution is 7.89. The standard InChI is InChI=1S/C24H30N4O3S/c1-4-18(2)20-9-11-21(12-10-20)32(30,31)27-15-13-26(14-16-27)24(29)19(3)28-17-25-22-7-5-6-8-23(22)28/h5-12,17-19H,4,13-16H2,1-3H3. The number of para-hydroxylation sites is 2. The molecule has 2 atom stereocenters. The van der Waals surface area contributed by atoms with Crippen molar-refractivity contribution in [2.75, 3.05) is 26.2 Å². The van der Waals surface area contributed by atoms with Crippen molar-refractivity contribution in [3.8, 4) is 0 Å². The van der Waals surface area contributed by atoms with Gasteiger partial charge in [-0.25, -0.2) is 13.4 Å². The third kappa shape index (κ3) is 4.17. The number of rotatable bonds is 6. The first kappa shape index (κ1) is 22.5. The molecular weight excluding hydrogens is 424 g/mol. The molecule has 1 aromatic heterocycles. The Hall–Kier alpha value is -2.71. The summed E-state index contributed by atoms with van der Waals surface area (Å²) in [6.07, 6.45) is 2.70. The van der Waals surface area contributed by atoms with Crippen LogP contribution in [0.25, 0.3) is 11.0 Å². The quantitative estimate of drug-likeness (QED) is 0.570. The highest BCUT2D eigenvalue weighted by atomic mass is 32.2. The first-order valence-corrected chi connectivity index (χ1v) is 12.6. The van der Waals surface area contributed by atoms with Gasteiger partial charge in [-0.1, -0.05) is 38.1 Å². The predicted molar refractivity (Wildman–Crippen MR) is 125 cm³/mol. The molecule has 7 nitrogen and oxygen atoms in total. The third-order valence-corrected chi connectivity index (χ3v) is 8.42. The second-order valence-corrected chi connectivity index (χ2v) is 10.4. The van der Waals surface area contributed by atoms with Crippen molar-refractivity contribution >= 4 is 27.0 Å². The van der Waals surface area contributed by atoms with E-state index in [1.807, 2.05) is 47.9 Å². The Morgan fingerprint density at radius 3 is 2.31 bits per heavy atom. The highest BCUT2D eigenvalue weighted by Crippen LogP contribution is 2.24. The smallest absolute Gasteiger partial charge is 0.245 e.